The fourth-order valence-corrected chi connectivity index (χ4v) is 2.22. The Labute approximate surface area is 131 Å². The van der Waals surface area contributed by atoms with Crippen molar-refractivity contribution in [1.29, 1.82) is 0 Å². The van der Waals surface area contributed by atoms with E-state index in [1.807, 2.05) is 0 Å². The van der Waals surface area contributed by atoms with Gasteiger partial charge in [0.25, 0.3) is 0 Å². The van der Waals surface area contributed by atoms with Crippen LogP contribution >= 0.6 is 0 Å². The van der Waals surface area contributed by atoms with Gasteiger partial charge in [-0.05, 0) is 31.5 Å². The smallest absolute Gasteiger partial charge is 0.412 e. The summed E-state index contributed by atoms with van der Waals surface area (Å²) in [7, 11) is 0. The summed E-state index contributed by atoms with van der Waals surface area (Å²) in [4.78, 5) is 12.0. The lowest BCUT2D eigenvalue weighted by atomic mass is 10.0. The van der Waals surface area contributed by atoms with Crippen molar-refractivity contribution in [2.24, 2.45) is 0 Å². The average Bonchev–Trinajstić information content (AvgIpc) is 2.52. The molecule has 2 aromatic carbocycles. The van der Waals surface area contributed by atoms with E-state index < -0.39 is 29.2 Å². The van der Waals surface area contributed by atoms with E-state index in [-0.39, 0.29) is 23.4 Å². The van der Waals surface area contributed by atoms with Crippen molar-refractivity contribution in [3.8, 4) is 0 Å². The van der Waals surface area contributed by atoms with Crippen molar-refractivity contribution in [2.75, 3.05) is 10.6 Å². The van der Waals surface area contributed by atoms with E-state index >= 15 is 0 Å². The lowest BCUT2D eigenvalue weighted by Gasteiger charge is -2.23. The molecule has 2 rings (SSSR count). The van der Waals surface area contributed by atoms with Crippen LogP contribution in [0.15, 0.2) is 24.3 Å². The first-order valence-electron chi connectivity index (χ1n) is 6.72. The van der Waals surface area contributed by atoms with Crippen LogP contribution < -0.4 is 10.6 Å². The molecular formula is C16H15F3N2O2. The van der Waals surface area contributed by atoms with Crippen LogP contribution in [-0.2, 0) is 6.54 Å². The lowest BCUT2D eigenvalue weighted by Crippen LogP contribution is -2.31. The molecule has 4 nitrogen and oxygen atoms in total. The molecule has 3 N–H and O–H groups in total. The SMILES string of the molecule is Cc1c(N)c(C)c(F)c(N(Cc2ccc(F)cc2)C(=O)O)c1F. The Balaban J connectivity index is 2.55. The number of hydrogen-bond acceptors (Lipinski definition) is 2. The minimum atomic E-state index is -1.53. The highest BCUT2D eigenvalue weighted by Crippen LogP contribution is 2.34. The predicted octanol–water partition coefficient (Wildman–Crippen LogP) is 3.99. The van der Waals surface area contributed by atoms with Crippen LogP contribution in [0, 0.1) is 31.3 Å². The average molecular weight is 324 g/mol. The number of anilines is 2. The van der Waals surface area contributed by atoms with Gasteiger partial charge < -0.3 is 10.8 Å². The Hall–Kier alpha value is -2.70. The third-order valence-corrected chi connectivity index (χ3v) is 3.64. The van der Waals surface area contributed by atoms with E-state index in [0.29, 0.717) is 10.5 Å². The second-order valence-corrected chi connectivity index (χ2v) is 5.14. The van der Waals surface area contributed by atoms with Gasteiger partial charge in [-0.1, -0.05) is 12.1 Å². The third-order valence-electron chi connectivity index (χ3n) is 3.64. The summed E-state index contributed by atoms with van der Waals surface area (Å²) in [6, 6.07) is 4.97. The van der Waals surface area contributed by atoms with Gasteiger partial charge in [0.05, 0.1) is 6.54 Å². The maximum atomic E-state index is 14.4. The van der Waals surface area contributed by atoms with Crippen molar-refractivity contribution in [3.63, 3.8) is 0 Å². The van der Waals surface area contributed by atoms with Crippen molar-refractivity contribution >= 4 is 17.5 Å². The third kappa shape index (κ3) is 3.08. The van der Waals surface area contributed by atoms with Gasteiger partial charge in [-0.3, -0.25) is 4.90 Å². The molecular weight excluding hydrogens is 309 g/mol. The number of nitrogens with zero attached hydrogens (tertiary/aromatic N) is 1. The van der Waals surface area contributed by atoms with Gasteiger partial charge in [0.15, 0.2) is 11.6 Å². The van der Waals surface area contributed by atoms with Gasteiger partial charge in [0.1, 0.15) is 11.5 Å². The Morgan fingerprint density at radius 1 is 1.09 bits per heavy atom. The van der Waals surface area contributed by atoms with Gasteiger partial charge in [-0.2, -0.15) is 0 Å². The topological polar surface area (TPSA) is 66.6 Å². The van der Waals surface area contributed by atoms with Crippen LogP contribution in [0.3, 0.4) is 0 Å². The first kappa shape index (κ1) is 16.7. The summed E-state index contributed by atoms with van der Waals surface area (Å²) in [5, 5.41) is 9.33. The molecule has 0 bridgehead atoms. The highest BCUT2D eigenvalue weighted by Gasteiger charge is 2.27. The molecule has 0 spiro atoms. The Morgan fingerprint density at radius 3 is 2.00 bits per heavy atom. The molecule has 0 fully saturated rings. The Kier molecular flexibility index (Phi) is 4.49. The van der Waals surface area contributed by atoms with E-state index in [0.717, 1.165) is 12.1 Å². The van der Waals surface area contributed by atoms with Crippen molar-refractivity contribution in [2.45, 2.75) is 20.4 Å². The summed E-state index contributed by atoms with van der Waals surface area (Å²) in [6.45, 7) is 2.36. The van der Waals surface area contributed by atoms with Crippen molar-refractivity contribution in [3.05, 3.63) is 58.4 Å². The first-order chi connectivity index (χ1) is 10.7. The second kappa shape index (κ2) is 6.20. The number of nitrogens with two attached hydrogens (primary N) is 1. The molecule has 0 aliphatic rings. The zero-order valence-electron chi connectivity index (χ0n) is 12.5. The van der Waals surface area contributed by atoms with Crippen molar-refractivity contribution in [1.82, 2.24) is 0 Å². The first-order valence-corrected chi connectivity index (χ1v) is 6.72. The summed E-state index contributed by atoms with van der Waals surface area (Å²) in [5.74, 6) is -2.56. The largest absolute Gasteiger partial charge is 0.465 e. The summed E-state index contributed by atoms with van der Waals surface area (Å²) in [6.07, 6.45) is -1.53. The fraction of sp³-hybridized carbons (Fsp3) is 0.188. The molecule has 122 valence electrons. The molecule has 7 heteroatoms. The molecule has 2 aromatic rings. The predicted molar refractivity (Wildman–Crippen MR) is 80.9 cm³/mol. The zero-order chi connectivity index (χ0) is 17.3. The van der Waals surface area contributed by atoms with Crippen LogP contribution in [0.5, 0.6) is 0 Å². The molecule has 0 saturated heterocycles. The highest BCUT2D eigenvalue weighted by molar-refractivity contribution is 5.87. The number of hydrogen-bond donors (Lipinski definition) is 2. The van der Waals surface area contributed by atoms with Crippen molar-refractivity contribution < 1.29 is 23.1 Å². The maximum absolute atomic E-state index is 14.4. The quantitative estimate of drug-likeness (QED) is 0.839. The van der Waals surface area contributed by atoms with E-state index in [1.54, 1.807) is 0 Å². The van der Waals surface area contributed by atoms with Crippen LogP contribution in [0.1, 0.15) is 16.7 Å². The van der Waals surface area contributed by atoms with Gasteiger partial charge in [0.2, 0.25) is 0 Å². The molecule has 0 radical (unpaired) electrons. The molecule has 0 unspecified atom stereocenters. The maximum Gasteiger partial charge on any atom is 0.412 e. The summed E-state index contributed by atoms with van der Waals surface area (Å²) in [5.41, 5.74) is 5.20. The minimum Gasteiger partial charge on any atom is -0.465 e. The molecule has 0 aromatic heterocycles. The van der Waals surface area contributed by atoms with Gasteiger partial charge in [-0.25, -0.2) is 18.0 Å². The number of nitrogen functional groups attached to an aromatic ring is 1. The molecule has 0 heterocycles. The molecule has 1 amide bonds. The minimum absolute atomic E-state index is 0.0238. The zero-order valence-corrected chi connectivity index (χ0v) is 12.5. The van der Waals surface area contributed by atoms with E-state index in [9.17, 15) is 23.1 Å². The monoisotopic (exact) mass is 324 g/mol. The molecule has 0 atom stereocenters. The molecule has 0 aliphatic heterocycles. The van der Waals surface area contributed by atoms with Crippen LogP contribution in [0.4, 0.5) is 29.3 Å². The number of carbonyl (C=O) groups is 1. The van der Waals surface area contributed by atoms with Crippen LogP contribution in [0.2, 0.25) is 0 Å². The highest BCUT2D eigenvalue weighted by atomic mass is 19.1. The summed E-state index contributed by atoms with van der Waals surface area (Å²) < 4.78 is 41.7. The Morgan fingerprint density at radius 2 is 1.57 bits per heavy atom. The standard InChI is InChI=1S/C16H15F3N2O2/c1-8-12(18)15(13(19)9(2)14(8)20)21(16(22)23)7-10-3-5-11(17)6-4-10/h3-6H,7,20H2,1-2H3,(H,22,23). The van der Waals surface area contributed by atoms with E-state index in [4.69, 9.17) is 5.73 Å². The Bertz CT molecular complexity index is 732. The lowest BCUT2D eigenvalue weighted by molar-refractivity contribution is 0.201. The summed E-state index contributed by atoms with van der Waals surface area (Å²) >= 11 is 0. The van der Waals surface area contributed by atoms with Gasteiger partial charge in [-0.15, -0.1) is 0 Å². The number of carboxylic acid groups (broad SMARTS) is 1. The number of halogens is 3. The van der Waals surface area contributed by atoms with Crippen LogP contribution in [0.25, 0.3) is 0 Å². The molecule has 0 aliphatic carbocycles. The normalized spacial score (nSPS) is 10.7. The number of rotatable bonds is 3. The van der Waals surface area contributed by atoms with E-state index in [2.05, 4.69) is 0 Å². The van der Waals surface area contributed by atoms with Gasteiger partial charge in [0, 0.05) is 16.8 Å². The van der Waals surface area contributed by atoms with Gasteiger partial charge >= 0.3 is 6.09 Å². The van der Waals surface area contributed by atoms with Crippen LogP contribution in [-0.4, -0.2) is 11.2 Å². The number of amides is 1. The fourth-order valence-electron chi connectivity index (χ4n) is 2.22. The second-order valence-electron chi connectivity index (χ2n) is 5.14. The van der Waals surface area contributed by atoms with E-state index in [1.165, 1.54) is 26.0 Å². The number of benzene rings is 2. The molecule has 23 heavy (non-hydrogen) atoms. The molecule has 0 saturated carbocycles.